The lowest BCUT2D eigenvalue weighted by molar-refractivity contribution is 0.311. The lowest BCUT2D eigenvalue weighted by Crippen LogP contribution is -2.28. The number of aromatic nitrogens is 2. The van der Waals surface area contributed by atoms with Crippen LogP contribution in [0.1, 0.15) is 31.0 Å². The molecule has 0 saturated heterocycles. The molecule has 1 N–H and O–H groups in total. The van der Waals surface area contributed by atoms with Gasteiger partial charge in [-0.25, -0.2) is 4.68 Å². The summed E-state index contributed by atoms with van der Waals surface area (Å²) in [6.45, 7) is 6.66. The van der Waals surface area contributed by atoms with E-state index in [9.17, 15) is 4.79 Å². The molecule has 3 rings (SSSR count). The quantitative estimate of drug-likeness (QED) is 0.742. The van der Waals surface area contributed by atoms with Crippen molar-refractivity contribution >= 4 is 16.6 Å². The van der Waals surface area contributed by atoms with E-state index >= 15 is 0 Å². The van der Waals surface area contributed by atoms with Crippen LogP contribution in [-0.4, -0.2) is 35.3 Å². The van der Waals surface area contributed by atoms with Crippen molar-refractivity contribution in [3.05, 3.63) is 70.0 Å². The Hall–Kier alpha value is -2.66. The first-order valence-electron chi connectivity index (χ1n) is 9.41. The van der Waals surface area contributed by atoms with Gasteiger partial charge in [0, 0.05) is 19.0 Å². The van der Waals surface area contributed by atoms with E-state index in [-0.39, 0.29) is 11.6 Å². The summed E-state index contributed by atoms with van der Waals surface area (Å²) in [6.07, 6.45) is 0. The van der Waals surface area contributed by atoms with Crippen LogP contribution in [-0.2, 0) is 7.05 Å². The number of anilines is 1. The number of hydrogen-bond acceptors (Lipinski definition) is 4. The highest BCUT2D eigenvalue weighted by atomic mass is 16.1. The van der Waals surface area contributed by atoms with Crippen LogP contribution in [0.4, 0.5) is 5.82 Å². The summed E-state index contributed by atoms with van der Waals surface area (Å²) in [6, 6.07) is 16.5. The third-order valence-electron chi connectivity index (χ3n) is 4.56. The lowest BCUT2D eigenvalue weighted by Gasteiger charge is -2.25. The third kappa shape index (κ3) is 4.55. The highest BCUT2D eigenvalue weighted by Crippen LogP contribution is 2.23. The molecule has 1 heterocycles. The first-order valence-corrected chi connectivity index (χ1v) is 9.41. The molecule has 2 aromatic carbocycles. The number of rotatable bonds is 5. The molecule has 5 nitrogen and oxygen atoms in total. The minimum absolute atomic E-state index is 0.0640. The maximum absolute atomic E-state index is 12.4. The molecule has 5 heteroatoms. The molecule has 144 valence electrons. The molecule has 3 aromatic rings. The topological polar surface area (TPSA) is 50.2 Å². The van der Waals surface area contributed by atoms with E-state index in [1.807, 2.05) is 45.0 Å². The fraction of sp³-hybridized carbons (Fsp3) is 0.364. The van der Waals surface area contributed by atoms with Crippen molar-refractivity contribution in [2.75, 3.05) is 26.0 Å². The monoisotopic (exact) mass is 366 g/mol. The Morgan fingerprint density at radius 2 is 1.74 bits per heavy atom. The molecule has 0 amide bonds. The molecule has 1 unspecified atom stereocenters. The minimum Gasteiger partial charge on any atom is -0.366 e. The van der Waals surface area contributed by atoms with Crippen LogP contribution < -0.4 is 10.9 Å². The highest BCUT2D eigenvalue weighted by Gasteiger charge is 2.16. The Balaban J connectivity index is 0.00000126. The van der Waals surface area contributed by atoms with Gasteiger partial charge in [-0.15, -0.1) is 0 Å². The molecular formula is C22H30N4O. The van der Waals surface area contributed by atoms with Gasteiger partial charge in [0.25, 0.3) is 5.56 Å². The maximum atomic E-state index is 12.4. The minimum atomic E-state index is -0.0640. The summed E-state index contributed by atoms with van der Waals surface area (Å²) in [5, 5.41) is 9.49. The van der Waals surface area contributed by atoms with Crippen LogP contribution in [0.3, 0.4) is 0 Å². The Morgan fingerprint density at radius 1 is 1.07 bits per heavy atom. The second-order valence-electron chi connectivity index (χ2n) is 6.55. The standard InChI is InChI=1S/C20H24N4O.C2H6/c1-14-9-8-12-16-18(14)20(25)24(4)22-19(16)21-13-17(23(2)3)15-10-6-5-7-11-15;1-2/h5-12,17H,13H2,1-4H3,(H,21,22);1-2H3. The zero-order valence-corrected chi connectivity index (χ0v) is 17.2. The Morgan fingerprint density at radius 3 is 2.37 bits per heavy atom. The summed E-state index contributed by atoms with van der Waals surface area (Å²) >= 11 is 0. The number of nitrogens with one attached hydrogen (secondary N) is 1. The summed E-state index contributed by atoms with van der Waals surface area (Å²) in [4.78, 5) is 14.6. The first kappa shape index (κ1) is 20.6. The van der Waals surface area contributed by atoms with Gasteiger partial charge in [0.15, 0.2) is 5.82 Å². The summed E-state index contributed by atoms with van der Waals surface area (Å²) in [5.74, 6) is 0.739. The summed E-state index contributed by atoms with van der Waals surface area (Å²) in [7, 11) is 5.82. The van der Waals surface area contributed by atoms with Crippen molar-refractivity contribution in [3.8, 4) is 0 Å². The fourth-order valence-corrected chi connectivity index (χ4v) is 3.16. The van der Waals surface area contributed by atoms with Crippen LogP contribution in [0.2, 0.25) is 0 Å². The van der Waals surface area contributed by atoms with E-state index in [4.69, 9.17) is 0 Å². The van der Waals surface area contributed by atoms with Gasteiger partial charge in [-0.05, 0) is 32.1 Å². The van der Waals surface area contributed by atoms with E-state index in [2.05, 4.69) is 53.7 Å². The largest absolute Gasteiger partial charge is 0.366 e. The number of likely N-dealkylation sites (N-methyl/N-ethyl adjacent to an activating group) is 1. The SMILES string of the molecule is CC.Cc1cccc2c(NCC(c3ccccc3)N(C)C)nn(C)c(=O)c12. The van der Waals surface area contributed by atoms with Gasteiger partial charge in [-0.2, -0.15) is 5.10 Å². The van der Waals surface area contributed by atoms with Gasteiger partial charge in [0.1, 0.15) is 0 Å². The van der Waals surface area contributed by atoms with E-state index in [1.165, 1.54) is 10.2 Å². The molecular weight excluding hydrogens is 336 g/mol. The normalized spacial score (nSPS) is 11.8. The molecule has 27 heavy (non-hydrogen) atoms. The van der Waals surface area contributed by atoms with E-state index in [1.54, 1.807) is 7.05 Å². The van der Waals surface area contributed by atoms with Crippen molar-refractivity contribution in [1.29, 1.82) is 0 Å². The summed E-state index contributed by atoms with van der Waals surface area (Å²) < 4.78 is 1.41. The second kappa shape index (κ2) is 9.33. The molecule has 1 aromatic heterocycles. The maximum Gasteiger partial charge on any atom is 0.274 e. The molecule has 1 atom stereocenters. The highest BCUT2D eigenvalue weighted by molar-refractivity contribution is 5.93. The number of hydrogen-bond donors (Lipinski definition) is 1. The molecule has 0 spiro atoms. The van der Waals surface area contributed by atoms with Gasteiger partial charge >= 0.3 is 0 Å². The second-order valence-corrected chi connectivity index (χ2v) is 6.55. The average Bonchev–Trinajstić information content (AvgIpc) is 2.68. The Labute approximate surface area is 161 Å². The van der Waals surface area contributed by atoms with Crippen LogP contribution >= 0.6 is 0 Å². The number of nitrogens with zero attached hydrogens (tertiary/aromatic N) is 3. The van der Waals surface area contributed by atoms with Crippen molar-refractivity contribution in [2.45, 2.75) is 26.8 Å². The van der Waals surface area contributed by atoms with Crippen LogP contribution in [0.5, 0.6) is 0 Å². The van der Waals surface area contributed by atoms with Crippen LogP contribution in [0.25, 0.3) is 10.8 Å². The lowest BCUT2D eigenvalue weighted by atomic mass is 10.1. The zero-order chi connectivity index (χ0) is 20.0. The van der Waals surface area contributed by atoms with Crippen molar-refractivity contribution in [2.24, 2.45) is 7.05 Å². The van der Waals surface area contributed by atoms with Gasteiger partial charge < -0.3 is 10.2 Å². The molecule has 0 bridgehead atoms. The van der Waals surface area contributed by atoms with Gasteiger partial charge in [0.2, 0.25) is 0 Å². The molecule has 0 aliphatic rings. The first-order chi connectivity index (χ1) is 13.0. The Bertz CT molecular complexity index is 932. The predicted molar refractivity (Wildman–Crippen MR) is 114 cm³/mol. The van der Waals surface area contributed by atoms with E-state index in [0.717, 1.165) is 22.2 Å². The zero-order valence-electron chi connectivity index (χ0n) is 17.2. The average molecular weight is 367 g/mol. The van der Waals surface area contributed by atoms with E-state index < -0.39 is 0 Å². The number of aryl methyl sites for hydroxylation is 2. The number of benzene rings is 2. The van der Waals surface area contributed by atoms with Crippen molar-refractivity contribution in [1.82, 2.24) is 14.7 Å². The smallest absolute Gasteiger partial charge is 0.274 e. The van der Waals surface area contributed by atoms with Crippen LogP contribution in [0, 0.1) is 6.92 Å². The fourth-order valence-electron chi connectivity index (χ4n) is 3.16. The third-order valence-corrected chi connectivity index (χ3v) is 4.56. The molecule has 0 saturated carbocycles. The van der Waals surface area contributed by atoms with Gasteiger partial charge in [0.05, 0.1) is 11.4 Å². The predicted octanol–water partition coefficient (Wildman–Crippen LogP) is 3.98. The Kier molecular flexibility index (Phi) is 7.13. The molecule has 0 aliphatic carbocycles. The van der Waals surface area contributed by atoms with Gasteiger partial charge in [-0.3, -0.25) is 4.79 Å². The van der Waals surface area contributed by atoms with Crippen LogP contribution in [0.15, 0.2) is 53.3 Å². The summed E-state index contributed by atoms with van der Waals surface area (Å²) in [5.41, 5.74) is 2.15. The van der Waals surface area contributed by atoms with Crippen molar-refractivity contribution < 1.29 is 0 Å². The number of fused-ring (bicyclic) bond motifs is 1. The molecule has 0 fully saturated rings. The van der Waals surface area contributed by atoms with Gasteiger partial charge in [-0.1, -0.05) is 62.4 Å². The van der Waals surface area contributed by atoms with E-state index in [0.29, 0.717) is 6.54 Å². The molecule has 0 radical (unpaired) electrons. The molecule has 0 aliphatic heterocycles. The van der Waals surface area contributed by atoms with Crippen molar-refractivity contribution in [3.63, 3.8) is 0 Å².